The van der Waals surface area contributed by atoms with Crippen molar-refractivity contribution in [2.75, 3.05) is 33.8 Å². The zero-order chi connectivity index (χ0) is 14.8. The highest BCUT2D eigenvalue weighted by atomic mass is 16.5. The molecule has 0 radical (unpaired) electrons. The zero-order valence-corrected chi connectivity index (χ0v) is 12.8. The predicted octanol–water partition coefficient (Wildman–Crippen LogP) is 0.835. The summed E-state index contributed by atoms with van der Waals surface area (Å²) in [6.07, 6.45) is 6.64. The summed E-state index contributed by atoms with van der Waals surface area (Å²) in [5.74, 6) is 1.77. The number of likely N-dealkylation sites (N-methyl/N-ethyl adjacent to an activating group) is 1. The zero-order valence-electron chi connectivity index (χ0n) is 12.8. The lowest BCUT2D eigenvalue weighted by molar-refractivity contribution is -0.136. The van der Waals surface area contributed by atoms with E-state index in [9.17, 15) is 4.79 Å². The molecule has 0 aliphatic carbocycles. The largest absolute Gasteiger partial charge is 0.380 e. The first-order valence-corrected chi connectivity index (χ1v) is 7.70. The van der Waals surface area contributed by atoms with Crippen molar-refractivity contribution in [2.45, 2.75) is 37.3 Å². The van der Waals surface area contributed by atoms with Crippen LogP contribution in [0.1, 0.15) is 31.0 Å². The van der Waals surface area contributed by atoms with E-state index in [1.165, 1.54) is 0 Å². The standard InChI is InChI=1S/C15H24N4O2/c1-18-10-12(21-2)9-13(18)15(20)19-7-3-11(4-8-19)14-16-5-6-17-14/h5-6,11-13H,3-4,7-10H2,1-2H3,(H,16,17)/t12-,13-/m0/s1. The third-order valence-electron chi connectivity index (χ3n) is 4.84. The van der Waals surface area contributed by atoms with Crippen LogP contribution in [0.3, 0.4) is 0 Å². The average Bonchev–Trinajstić information content (AvgIpc) is 3.16. The quantitative estimate of drug-likeness (QED) is 0.896. The molecule has 0 saturated carbocycles. The molecule has 1 N–H and O–H groups in total. The molecule has 2 fully saturated rings. The van der Waals surface area contributed by atoms with Crippen LogP contribution in [0, 0.1) is 0 Å². The molecule has 0 spiro atoms. The fraction of sp³-hybridized carbons (Fsp3) is 0.733. The fourth-order valence-corrected chi connectivity index (χ4v) is 3.50. The van der Waals surface area contributed by atoms with Crippen molar-refractivity contribution in [1.82, 2.24) is 19.8 Å². The Morgan fingerprint density at radius 2 is 2.19 bits per heavy atom. The first kappa shape index (κ1) is 14.5. The van der Waals surface area contributed by atoms with Crippen molar-refractivity contribution in [3.63, 3.8) is 0 Å². The molecule has 1 aromatic heterocycles. The molecule has 2 aliphatic rings. The Morgan fingerprint density at radius 1 is 1.43 bits per heavy atom. The summed E-state index contributed by atoms with van der Waals surface area (Å²) >= 11 is 0. The summed E-state index contributed by atoms with van der Waals surface area (Å²) in [7, 11) is 3.73. The fourth-order valence-electron chi connectivity index (χ4n) is 3.50. The number of carbonyl (C=O) groups is 1. The molecule has 3 rings (SSSR count). The number of ether oxygens (including phenoxy) is 1. The van der Waals surface area contributed by atoms with Crippen LogP contribution in [0.5, 0.6) is 0 Å². The summed E-state index contributed by atoms with van der Waals surface area (Å²) in [6.45, 7) is 2.49. The number of rotatable bonds is 3. The van der Waals surface area contributed by atoms with Gasteiger partial charge in [0.05, 0.1) is 12.1 Å². The lowest BCUT2D eigenvalue weighted by atomic mass is 9.95. The van der Waals surface area contributed by atoms with Gasteiger partial charge in [-0.2, -0.15) is 0 Å². The second kappa shape index (κ2) is 6.15. The van der Waals surface area contributed by atoms with E-state index in [1.54, 1.807) is 13.3 Å². The normalized spacial score (nSPS) is 28.2. The van der Waals surface area contributed by atoms with Crippen molar-refractivity contribution >= 4 is 5.91 Å². The number of methoxy groups -OCH3 is 1. The summed E-state index contributed by atoms with van der Waals surface area (Å²) in [5, 5.41) is 0. The maximum absolute atomic E-state index is 12.7. The van der Waals surface area contributed by atoms with Crippen LogP contribution in [-0.4, -0.2) is 71.6 Å². The molecule has 0 aromatic carbocycles. The Morgan fingerprint density at radius 3 is 2.76 bits per heavy atom. The van der Waals surface area contributed by atoms with Gasteiger partial charge in [-0.3, -0.25) is 9.69 Å². The summed E-state index contributed by atoms with van der Waals surface area (Å²) in [6, 6.07) is -0.0184. The van der Waals surface area contributed by atoms with Gasteiger partial charge in [0.1, 0.15) is 5.82 Å². The second-order valence-electron chi connectivity index (χ2n) is 6.12. The van der Waals surface area contributed by atoms with Gasteiger partial charge in [0, 0.05) is 45.1 Å². The van der Waals surface area contributed by atoms with E-state index in [2.05, 4.69) is 14.9 Å². The van der Waals surface area contributed by atoms with E-state index in [-0.39, 0.29) is 18.1 Å². The molecule has 0 bridgehead atoms. The number of amides is 1. The molecule has 2 aliphatic heterocycles. The van der Waals surface area contributed by atoms with E-state index in [0.29, 0.717) is 5.92 Å². The second-order valence-corrected chi connectivity index (χ2v) is 6.12. The van der Waals surface area contributed by atoms with Crippen LogP contribution < -0.4 is 0 Å². The van der Waals surface area contributed by atoms with Crippen LogP contribution in [0.25, 0.3) is 0 Å². The third kappa shape index (κ3) is 2.96. The van der Waals surface area contributed by atoms with E-state index >= 15 is 0 Å². The van der Waals surface area contributed by atoms with E-state index < -0.39 is 0 Å². The molecular weight excluding hydrogens is 268 g/mol. The molecule has 6 heteroatoms. The molecule has 3 heterocycles. The van der Waals surface area contributed by atoms with Gasteiger partial charge in [-0.1, -0.05) is 0 Å². The minimum absolute atomic E-state index is 0.0184. The predicted molar refractivity (Wildman–Crippen MR) is 79.0 cm³/mol. The van der Waals surface area contributed by atoms with Gasteiger partial charge in [0.2, 0.25) is 5.91 Å². The van der Waals surface area contributed by atoms with E-state index in [1.807, 2.05) is 18.1 Å². The van der Waals surface area contributed by atoms with Crippen LogP contribution in [0.4, 0.5) is 0 Å². The maximum Gasteiger partial charge on any atom is 0.240 e. The molecule has 6 nitrogen and oxygen atoms in total. The molecule has 21 heavy (non-hydrogen) atoms. The average molecular weight is 292 g/mol. The number of nitrogens with one attached hydrogen (secondary N) is 1. The third-order valence-corrected chi connectivity index (χ3v) is 4.84. The highest BCUT2D eigenvalue weighted by Gasteiger charge is 2.38. The minimum atomic E-state index is -0.0184. The minimum Gasteiger partial charge on any atom is -0.380 e. The lowest BCUT2D eigenvalue weighted by Gasteiger charge is -2.34. The Hall–Kier alpha value is -1.40. The first-order valence-electron chi connectivity index (χ1n) is 7.70. The van der Waals surface area contributed by atoms with Gasteiger partial charge in [-0.25, -0.2) is 4.98 Å². The van der Waals surface area contributed by atoms with Crippen molar-refractivity contribution in [3.8, 4) is 0 Å². The van der Waals surface area contributed by atoms with E-state index in [4.69, 9.17) is 4.74 Å². The first-order chi connectivity index (χ1) is 10.2. The molecule has 1 amide bonds. The Kier molecular flexibility index (Phi) is 4.26. The number of carbonyl (C=O) groups excluding carboxylic acids is 1. The van der Waals surface area contributed by atoms with E-state index in [0.717, 1.165) is 44.7 Å². The lowest BCUT2D eigenvalue weighted by Crippen LogP contribution is -2.47. The van der Waals surface area contributed by atoms with Crippen molar-refractivity contribution in [2.24, 2.45) is 0 Å². The van der Waals surface area contributed by atoms with Crippen LogP contribution in [0.2, 0.25) is 0 Å². The van der Waals surface area contributed by atoms with Gasteiger partial charge in [-0.05, 0) is 26.3 Å². The number of hydrogen-bond acceptors (Lipinski definition) is 4. The Bertz CT molecular complexity index is 468. The smallest absolute Gasteiger partial charge is 0.240 e. The topological polar surface area (TPSA) is 61.5 Å². The molecule has 1 aromatic rings. The van der Waals surface area contributed by atoms with Gasteiger partial charge >= 0.3 is 0 Å². The summed E-state index contributed by atoms with van der Waals surface area (Å²) < 4.78 is 5.39. The molecule has 2 atom stereocenters. The number of imidazole rings is 1. The SMILES string of the molecule is CO[C@H]1C[C@@H](C(=O)N2CCC(c3ncc[nH]3)CC2)N(C)C1. The van der Waals surface area contributed by atoms with Gasteiger partial charge in [-0.15, -0.1) is 0 Å². The van der Waals surface area contributed by atoms with Crippen molar-refractivity contribution in [3.05, 3.63) is 18.2 Å². The summed E-state index contributed by atoms with van der Waals surface area (Å²) in [5.41, 5.74) is 0. The molecule has 116 valence electrons. The highest BCUT2D eigenvalue weighted by Crippen LogP contribution is 2.27. The highest BCUT2D eigenvalue weighted by molar-refractivity contribution is 5.82. The molecule has 0 unspecified atom stereocenters. The summed E-state index contributed by atoms with van der Waals surface area (Å²) in [4.78, 5) is 24.3. The number of H-pyrrole nitrogens is 1. The number of hydrogen-bond donors (Lipinski definition) is 1. The van der Waals surface area contributed by atoms with Crippen LogP contribution in [-0.2, 0) is 9.53 Å². The monoisotopic (exact) mass is 292 g/mol. The Labute approximate surface area is 125 Å². The maximum atomic E-state index is 12.7. The number of aromatic nitrogens is 2. The van der Waals surface area contributed by atoms with Crippen LogP contribution in [0.15, 0.2) is 12.4 Å². The number of nitrogens with zero attached hydrogens (tertiary/aromatic N) is 3. The number of likely N-dealkylation sites (tertiary alicyclic amines) is 2. The van der Waals surface area contributed by atoms with Crippen molar-refractivity contribution < 1.29 is 9.53 Å². The van der Waals surface area contributed by atoms with Crippen LogP contribution >= 0.6 is 0 Å². The molecular formula is C15H24N4O2. The van der Waals surface area contributed by atoms with Gasteiger partial charge in [0.25, 0.3) is 0 Å². The van der Waals surface area contributed by atoms with Crippen molar-refractivity contribution in [1.29, 1.82) is 0 Å². The number of aromatic amines is 1. The number of piperidine rings is 1. The Balaban J connectivity index is 1.56. The van der Waals surface area contributed by atoms with Gasteiger partial charge in [0.15, 0.2) is 0 Å². The molecule has 2 saturated heterocycles. The van der Waals surface area contributed by atoms with Gasteiger partial charge < -0.3 is 14.6 Å².